The largest absolute Gasteiger partial charge is 0.480 e. The van der Waals surface area contributed by atoms with E-state index >= 15 is 0 Å². The van der Waals surface area contributed by atoms with Gasteiger partial charge in [0, 0.05) is 62.3 Å². The first-order valence-corrected chi connectivity index (χ1v) is 15.6. The number of carbonyl (C=O) groups is 2. The van der Waals surface area contributed by atoms with Gasteiger partial charge in [0.1, 0.15) is 6.54 Å². The van der Waals surface area contributed by atoms with Crippen molar-refractivity contribution >= 4 is 46.0 Å². The lowest BCUT2D eigenvalue weighted by Gasteiger charge is -2.47. The number of likely N-dealkylation sites (tertiary alicyclic amines) is 1. The number of nitrogens with zero attached hydrogens (tertiary/aromatic N) is 4. The van der Waals surface area contributed by atoms with Crippen LogP contribution in [-0.4, -0.2) is 95.5 Å². The van der Waals surface area contributed by atoms with Gasteiger partial charge in [0.05, 0.1) is 17.2 Å². The zero-order valence-corrected chi connectivity index (χ0v) is 24.8. The molecule has 0 saturated carbocycles. The molecule has 0 radical (unpaired) electrons. The fourth-order valence-corrected chi connectivity index (χ4v) is 7.11. The summed E-state index contributed by atoms with van der Waals surface area (Å²) in [6, 6.07) is 20.2. The lowest BCUT2D eigenvalue weighted by atomic mass is 9.86. The highest BCUT2D eigenvalue weighted by Gasteiger charge is 2.34. The lowest BCUT2D eigenvalue weighted by molar-refractivity contribution is -0.137. The standard InChI is InChI=1S/C32H35ClN4O3S/c1-35(21-30(38)39)32(40)31-28-5-3-2-4-23(28)16-25(17-34)29(31)11-8-24(22-6-9-26(33)10-7-22)18-36-19-27(20-36)37-12-14-41-15-13-37/h2-7,9-10,16,24,27H,8,11-15,18-21H2,1H3,(H,38,39). The van der Waals surface area contributed by atoms with Crippen molar-refractivity contribution in [2.45, 2.75) is 24.8 Å². The number of thioether (sulfide) groups is 1. The van der Waals surface area contributed by atoms with Gasteiger partial charge in [-0.05, 0) is 58.9 Å². The minimum absolute atomic E-state index is 0.183. The van der Waals surface area contributed by atoms with E-state index in [4.69, 9.17) is 11.6 Å². The molecule has 1 amide bonds. The molecule has 3 aromatic rings. The Hall–Kier alpha value is -3.09. The molecule has 0 bridgehead atoms. The Labute approximate surface area is 250 Å². The number of carbonyl (C=O) groups excluding carboxylic acids is 1. The molecule has 214 valence electrons. The van der Waals surface area contributed by atoms with Crippen LogP contribution in [-0.2, 0) is 11.2 Å². The van der Waals surface area contributed by atoms with Crippen molar-refractivity contribution in [3.63, 3.8) is 0 Å². The quantitative estimate of drug-likeness (QED) is 0.357. The summed E-state index contributed by atoms with van der Waals surface area (Å²) in [5, 5.41) is 21.7. The van der Waals surface area contributed by atoms with Gasteiger partial charge in [-0.1, -0.05) is 48.0 Å². The molecule has 41 heavy (non-hydrogen) atoms. The van der Waals surface area contributed by atoms with Gasteiger partial charge in [0.15, 0.2) is 0 Å². The van der Waals surface area contributed by atoms with Crippen LogP contribution in [0.5, 0.6) is 0 Å². The number of halogens is 1. The third-order valence-corrected chi connectivity index (χ3v) is 9.47. The highest BCUT2D eigenvalue weighted by molar-refractivity contribution is 7.99. The van der Waals surface area contributed by atoms with Crippen LogP contribution in [0.3, 0.4) is 0 Å². The summed E-state index contributed by atoms with van der Waals surface area (Å²) in [7, 11) is 1.49. The van der Waals surface area contributed by atoms with Gasteiger partial charge in [-0.15, -0.1) is 0 Å². The maximum atomic E-state index is 13.7. The van der Waals surface area contributed by atoms with Crippen molar-refractivity contribution in [3.8, 4) is 6.07 Å². The Bertz CT molecular complexity index is 1450. The summed E-state index contributed by atoms with van der Waals surface area (Å²) in [6.45, 7) is 4.91. The van der Waals surface area contributed by atoms with Crippen LogP contribution in [0, 0.1) is 11.3 Å². The molecule has 0 spiro atoms. The number of amides is 1. The van der Waals surface area contributed by atoms with Crippen LogP contribution in [0.1, 0.15) is 39.4 Å². The Morgan fingerprint density at radius 1 is 1.15 bits per heavy atom. The molecule has 3 aromatic carbocycles. The first kappa shape index (κ1) is 29.4. The van der Waals surface area contributed by atoms with Crippen molar-refractivity contribution in [1.29, 1.82) is 5.26 Å². The second kappa shape index (κ2) is 13.3. The predicted octanol–water partition coefficient (Wildman–Crippen LogP) is 4.97. The van der Waals surface area contributed by atoms with Crippen LogP contribution in [0.25, 0.3) is 10.8 Å². The topological polar surface area (TPSA) is 87.9 Å². The van der Waals surface area contributed by atoms with E-state index in [9.17, 15) is 20.0 Å². The van der Waals surface area contributed by atoms with E-state index in [0.29, 0.717) is 34.2 Å². The van der Waals surface area contributed by atoms with Gasteiger partial charge in [-0.3, -0.25) is 19.4 Å². The molecule has 9 heteroatoms. The highest BCUT2D eigenvalue weighted by Crippen LogP contribution is 2.32. The smallest absolute Gasteiger partial charge is 0.323 e. The third-order valence-electron chi connectivity index (χ3n) is 8.27. The number of aliphatic carboxylic acids is 1. The molecule has 1 atom stereocenters. The summed E-state index contributed by atoms with van der Waals surface area (Å²) < 4.78 is 0. The first-order valence-electron chi connectivity index (χ1n) is 14.1. The molecule has 2 saturated heterocycles. The summed E-state index contributed by atoms with van der Waals surface area (Å²) in [6.07, 6.45) is 1.25. The third kappa shape index (κ3) is 6.87. The van der Waals surface area contributed by atoms with Gasteiger partial charge in [-0.2, -0.15) is 17.0 Å². The van der Waals surface area contributed by atoms with Gasteiger partial charge in [-0.25, -0.2) is 0 Å². The maximum Gasteiger partial charge on any atom is 0.323 e. The summed E-state index contributed by atoms with van der Waals surface area (Å²) in [5.74, 6) is 1.13. The number of hydrogen-bond acceptors (Lipinski definition) is 6. The molecule has 2 fully saturated rings. The van der Waals surface area contributed by atoms with E-state index in [1.165, 1.54) is 29.0 Å². The fraction of sp³-hybridized carbons (Fsp3) is 0.406. The van der Waals surface area contributed by atoms with Gasteiger partial charge >= 0.3 is 5.97 Å². The van der Waals surface area contributed by atoms with E-state index in [1.54, 1.807) is 0 Å². The highest BCUT2D eigenvalue weighted by atomic mass is 35.5. The molecule has 7 nitrogen and oxygen atoms in total. The lowest BCUT2D eigenvalue weighted by Crippen LogP contribution is -2.61. The summed E-state index contributed by atoms with van der Waals surface area (Å²) in [5.41, 5.74) is 2.74. The Kier molecular flexibility index (Phi) is 9.51. The molecule has 0 aliphatic carbocycles. The molecule has 2 aliphatic rings. The maximum absolute atomic E-state index is 13.7. The van der Waals surface area contributed by atoms with E-state index in [-0.39, 0.29) is 11.8 Å². The number of carboxylic acid groups (broad SMARTS) is 1. The van der Waals surface area contributed by atoms with Crippen LogP contribution in [0.4, 0.5) is 0 Å². The average Bonchev–Trinajstić information content (AvgIpc) is 2.95. The number of fused-ring (bicyclic) bond motifs is 1. The number of nitriles is 1. The Balaban J connectivity index is 1.42. The molecule has 1 N–H and O–H groups in total. The zero-order valence-electron chi connectivity index (χ0n) is 23.3. The van der Waals surface area contributed by atoms with E-state index in [1.807, 2.05) is 54.2 Å². The number of rotatable bonds is 10. The van der Waals surface area contributed by atoms with Gasteiger partial charge < -0.3 is 10.0 Å². The van der Waals surface area contributed by atoms with Crippen molar-refractivity contribution in [2.24, 2.45) is 0 Å². The number of likely N-dealkylation sites (N-methyl/N-ethyl adjacent to an activating group) is 1. The zero-order chi connectivity index (χ0) is 28.9. The predicted molar refractivity (Wildman–Crippen MR) is 165 cm³/mol. The normalized spacial score (nSPS) is 17.1. The SMILES string of the molecule is CN(CC(=O)O)C(=O)c1c(CCC(CN2CC(N3CCSCC3)C2)c2ccc(Cl)cc2)c(C#N)cc2ccccc12. The van der Waals surface area contributed by atoms with Gasteiger partial charge in [0.25, 0.3) is 5.91 Å². The van der Waals surface area contributed by atoms with Crippen LogP contribution in [0.15, 0.2) is 54.6 Å². The molecule has 2 aliphatic heterocycles. The first-order chi connectivity index (χ1) is 19.8. The van der Waals surface area contributed by atoms with Gasteiger partial charge in [0.2, 0.25) is 0 Å². The second-order valence-electron chi connectivity index (χ2n) is 11.0. The van der Waals surface area contributed by atoms with E-state index in [2.05, 4.69) is 28.0 Å². The molecule has 0 aromatic heterocycles. The fourth-order valence-electron chi connectivity index (χ4n) is 6.05. The van der Waals surface area contributed by atoms with Crippen LogP contribution >= 0.6 is 23.4 Å². The second-order valence-corrected chi connectivity index (χ2v) is 12.6. The van der Waals surface area contributed by atoms with E-state index in [0.717, 1.165) is 49.9 Å². The van der Waals surface area contributed by atoms with E-state index < -0.39 is 12.5 Å². The molecule has 5 rings (SSSR count). The Morgan fingerprint density at radius 3 is 2.54 bits per heavy atom. The molecular formula is C32H35ClN4O3S. The molecule has 2 heterocycles. The number of benzene rings is 3. The number of carboxylic acids is 1. The summed E-state index contributed by atoms with van der Waals surface area (Å²) in [4.78, 5) is 31.4. The van der Waals surface area contributed by atoms with Crippen LogP contribution < -0.4 is 0 Å². The average molecular weight is 591 g/mol. The Morgan fingerprint density at radius 2 is 1.85 bits per heavy atom. The molecular weight excluding hydrogens is 556 g/mol. The molecule has 1 unspecified atom stereocenters. The van der Waals surface area contributed by atoms with Crippen molar-refractivity contribution in [3.05, 3.63) is 81.9 Å². The summed E-state index contributed by atoms with van der Waals surface area (Å²) >= 11 is 8.25. The van der Waals surface area contributed by atoms with Crippen molar-refractivity contribution < 1.29 is 14.7 Å². The van der Waals surface area contributed by atoms with Crippen molar-refractivity contribution in [1.82, 2.24) is 14.7 Å². The monoisotopic (exact) mass is 590 g/mol. The van der Waals surface area contributed by atoms with Crippen molar-refractivity contribution in [2.75, 3.05) is 57.8 Å². The number of hydrogen-bond donors (Lipinski definition) is 1. The minimum atomic E-state index is -1.08. The van der Waals surface area contributed by atoms with Crippen LogP contribution in [0.2, 0.25) is 5.02 Å². The minimum Gasteiger partial charge on any atom is -0.480 e.